The molecule has 0 unspecified atom stereocenters. The van der Waals surface area contributed by atoms with Gasteiger partial charge in [-0.05, 0) is 30.7 Å². The first-order chi connectivity index (χ1) is 13.6. The predicted molar refractivity (Wildman–Crippen MR) is 112 cm³/mol. The third kappa shape index (κ3) is 3.38. The predicted octanol–water partition coefficient (Wildman–Crippen LogP) is 4.03. The van der Waals surface area contributed by atoms with Crippen molar-refractivity contribution < 1.29 is 4.79 Å². The maximum absolute atomic E-state index is 13.1. The van der Waals surface area contributed by atoms with E-state index in [1.165, 1.54) is 9.08 Å². The molecule has 4 aromatic rings. The molecule has 0 fully saturated rings. The minimum absolute atomic E-state index is 0.0545. The Morgan fingerprint density at radius 2 is 1.86 bits per heavy atom. The zero-order valence-electron chi connectivity index (χ0n) is 15.4. The molecule has 4 rings (SSSR count). The SMILES string of the molecule is CCCCc1nc2c3ccccc3n(CC(=O)c3ccc(Br)cc3)c(=O)n2n1. The zero-order valence-corrected chi connectivity index (χ0v) is 17.0. The van der Waals surface area contributed by atoms with Gasteiger partial charge in [-0.15, -0.1) is 5.10 Å². The summed E-state index contributed by atoms with van der Waals surface area (Å²) >= 11 is 3.37. The fourth-order valence-electron chi connectivity index (χ4n) is 3.24. The van der Waals surface area contributed by atoms with Crippen molar-refractivity contribution in [3.63, 3.8) is 0 Å². The molecule has 2 heterocycles. The standard InChI is InChI=1S/C21H19BrN4O2/c1-2-3-8-19-23-20-16-6-4-5-7-17(16)25(21(28)26(20)24-19)13-18(27)14-9-11-15(22)12-10-14/h4-7,9-12H,2-3,8,13H2,1H3. The Bertz CT molecular complexity index is 1230. The highest BCUT2D eigenvalue weighted by molar-refractivity contribution is 9.10. The van der Waals surface area contributed by atoms with Crippen molar-refractivity contribution in [1.29, 1.82) is 0 Å². The van der Waals surface area contributed by atoms with E-state index in [0.29, 0.717) is 22.6 Å². The second-order valence-corrected chi connectivity index (χ2v) is 7.60. The van der Waals surface area contributed by atoms with E-state index in [1.54, 1.807) is 12.1 Å². The average Bonchev–Trinajstić information content (AvgIpc) is 3.14. The molecule has 0 N–H and O–H groups in total. The Balaban J connectivity index is 1.84. The molecule has 2 aromatic carbocycles. The minimum Gasteiger partial charge on any atom is -0.292 e. The second-order valence-electron chi connectivity index (χ2n) is 6.68. The Kier molecular flexibility index (Phi) is 5.09. The number of ketones is 1. The number of nitrogens with zero attached hydrogens (tertiary/aromatic N) is 4. The monoisotopic (exact) mass is 438 g/mol. The molecule has 0 spiro atoms. The van der Waals surface area contributed by atoms with Crippen molar-refractivity contribution in [2.45, 2.75) is 32.7 Å². The quantitative estimate of drug-likeness (QED) is 0.426. The lowest BCUT2D eigenvalue weighted by Gasteiger charge is -2.10. The molecule has 2 aromatic heterocycles. The van der Waals surface area contributed by atoms with E-state index in [2.05, 4.69) is 32.9 Å². The number of hydrogen-bond donors (Lipinski definition) is 0. The minimum atomic E-state index is -0.352. The first-order valence-corrected chi connectivity index (χ1v) is 10.0. The molecular formula is C21H19BrN4O2. The highest BCUT2D eigenvalue weighted by atomic mass is 79.9. The molecule has 7 heteroatoms. The lowest BCUT2D eigenvalue weighted by Crippen LogP contribution is -2.30. The maximum Gasteiger partial charge on any atom is 0.351 e. The smallest absolute Gasteiger partial charge is 0.292 e. The first kappa shape index (κ1) is 18.6. The lowest BCUT2D eigenvalue weighted by atomic mass is 10.1. The number of aryl methyl sites for hydroxylation is 1. The number of Topliss-reactive ketones (excluding diaryl/α,β-unsaturated/α-hetero) is 1. The van der Waals surface area contributed by atoms with Gasteiger partial charge in [0.1, 0.15) is 0 Å². The largest absolute Gasteiger partial charge is 0.351 e. The van der Waals surface area contributed by atoms with Gasteiger partial charge >= 0.3 is 5.69 Å². The zero-order chi connectivity index (χ0) is 19.7. The number of carbonyl (C=O) groups excluding carboxylic acids is 1. The van der Waals surface area contributed by atoms with Crippen LogP contribution >= 0.6 is 15.9 Å². The summed E-state index contributed by atoms with van der Waals surface area (Å²) in [6, 6.07) is 14.6. The van der Waals surface area contributed by atoms with Crippen LogP contribution in [0, 0.1) is 0 Å². The van der Waals surface area contributed by atoms with Crippen molar-refractivity contribution in [1.82, 2.24) is 19.2 Å². The third-order valence-electron chi connectivity index (χ3n) is 4.72. The van der Waals surface area contributed by atoms with Crippen molar-refractivity contribution >= 4 is 38.3 Å². The fourth-order valence-corrected chi connectivity index (χ4v) is 3.51. The maximum atomic E-state index is 13.1. The summed E-state index contributed by atoms with van der Waals surface area (Å²) in [7, 11) is 0. The van der Waals surface area contributed by atoms with Crippen LogP contribution < -0.4 is 5.69 Å². The highest BCUT2D eigenvalue weighted by Gasteiger charge is 2.17. The summed E-state index contributed by atoms with van der Waals surface area (Å²) < 4.78 is 3.70. The van der Waals surface area contributed by atoms with E-state index in [-0.39, 0.29) is 18.0 Å². The number of para-hydroxylation sites is 1. The van der Waals surface area contributed by atoms with Gasteiger partial charge in [0.25, 0.3) is 0 Å². The van der Waals surface area contributed by atoms with Crippen LogP contribution in [0.15, 0.2) is 57.8 Å². The Morgan fingerprint density at radius 1 is 1.11 bits per heavy atom. The second kappa shape index (κ2) is 7.67. The number of carbonyl (C=O) groups is 1. The van der Waals surface area contributed by atoms with Crippen LogP contribution in [-0.4, -0.2) is 24.9 Å². The van der Waals surface area contributed by atoms with Crippen molar-refractivity contribution in [2.24, 2.45) is 0 Å². The van der Waals surface area contributed by atoms with Crippen LogP contribution in [0.1, 0.15) is 35.9 Å². The number of rotatable bonds is 6. The van der Waals surface area contributed by atoms with Gasteiger partial charge in [0.15, 0.2) is 17.3 Å². The summed E-state index contributed by atoms with van der Waals surface area (Å²) in [4.78, 5) is 30.5. The Hall–Kier alpha value is -2.80. The van der Waals surface area contributed by atoms with Gasteiger partial charge in [-0.25, -0.2) is 9.78 Å². The summed E-state index contributed by atoms with van der Waals surface area (Å²) in [5.41, 5.74) is 1.43. The van der Waals surface area contributed by atoms with Crippen LogP contribution in [0.2, 0.25) is 0 Å². The summed E-state index contributed by atoms with van der Waals surface area (Å²) in [5.74, 6) is 0.520. The molecule has 28 heavy (non-hydrogen) atoms. The van der Waals surface area contributed by atoms with Crippen LogP contribution in [0.4, 0.5) is 0 Å². The molecule has 0 aliphatic rings. The van der Waals surface area contributed by atoms with Gasteiger partial charge in [0.05, 0.1) is 12.1 Å². The van der Waals surface area contributed by atoms with Gasteiger partial charge < -0.3 is 0 Å². The molecule has 0 aliphatic heterocycles. The fraction of sp³-hybridized carbons (Fsp3) is 0.238. The number of fused-ring (bicyclic) bond motifs is 3. The van der Waals surface area contributed by atoms with Gasteiger partial charge in [-0.1, -0.05) is 53.5 Å². The molecule has 0 radical (unpaired) electrons. The topological polar surface area (TPSA) is 69.3 Å². The Morgan fingerprint density at radius 3 is 2.61 bits per heavy atom. The normalized spacial score (nSPS) is 11.4. The number of halogens is 1. The molecule has 0 saturated carbocycles. The van der Waals surface area contributed by atoms with Crippen LogP contribution in [-0.2, 0) is 13.0 Å². The molecule has 6 nitrogen and oxygen atoms in total. The number of aromatic nitrogens is 4. The number of hydrogen-bond acceptors (Lipinski definition) is 4. The molecule has 0 saturated heterocycles. The molecular weight excluding hydrogens is 420 g/mol. The van der Waals surface area contributed by atoms with Crippen molar-refractivity contribution in [2.75, 3.05) is 0 Å². The van der Waals surface area contributed by atoms with E-state index >= 15 is 0 Å². The van der Waals surface area contributed by atoms with E-state index in [1.807, 2.05) is 36.4 Å². The summed E-state index contributed by atoms with van der Waals surface area (Å²) in [5, 5.41) is 5.21. The number of benzene rings is 2. The van der Waals surface area contributed by atoms with E-state index in [4.69, 9.17) is 0 Å². The highest BCUT2D eigenvalue weighted by Crippen LogP contribution is 2.18. The van der Waals surface area contributed by atoms with Gasteiger partial charge in [0, 0.05) is 21.8 Å². The first-order valence-electron chi connectivity index (χ1n) is 9.24. The van der Waals surface area contributed by atoms with Gasteiger partial charge in [-0.3, -0.25) is 9.36 Å². The van der Waals surface area contributed by atoms with Crippen molar-refractivity contribution in [3.8, 4) is 0 Å². The van der Waals surface area contributed by atoms with E-state index < -0.39 is 0 Å². The van der Waals surface area contributed by atoms with E-state index in [9.17, 15) is 9.59 Å². The van der Waals surface area contributed by atoms with Gasteiger partial charge in [0.2, 0.25) is 0 Å². The van der Waals surface area contributed by atoms with Crippen LogP contribution in [0.5, 0.6) is 0 Å². The summed E-state index contributed by atoms with van der Waals surface area (Å²) in [6.07, 6.45) is 2.72. The third-order valence-corrected chi connectivity index (χ3v) is 5.25. The number of unbranched alkanes of at least 4 members (excludes halogenated alkanes) is 1. The Labute approximate surface area is 170 Å². The lowest BCUT2D eigenvalue weighted by molar-refractivity contribution is 0.0971. The van der Waals surface area contributed by atoms with Crippen molar-refractivity contribution in [3.05, 3.63) is 74.9 Å². The summed E-state index contributed by atoms with van der Waals surface area (Å²) in [6.45, 7) is 2.05. The van der Waals surface area contributed by atoms with Gasteiger partial charge in [-0.2, -0.15) is 4.52 Å². The molecule has 0 bridgehead atoms. The molecule has 0 aliphatic carbocycles. The van der Waals surface area contributed by atoms with Crippen LogP contribution in [0.25, 0.3) is 16.6 Å². The molecule has 0 atom stereocenters. The van der Waals surface area contributed by atoms with E-state index in [0.717, 1.165) is 29.1 Å². The average molecular weight is 439 g/mol. The molecule has 142 valence electrons. The molecule has 0 amide bonds. The van der Waals surface area contributed by atoms with Crippen LogP contribution in [0.3, 0.4) is 0 Å².